The lowest BCUT2D eigenvalue weighted by atomic mass is 10.0. The summed E-state index contributed by atoms with van der Waals surface area (Å²) in [6, 6.07) is 17.4. The molecule has 0 aliphatic carbocycles. The Balaban J connectivity index is 1.82. The Bertz CT molecular complexity index is 1270. The van der Waals surface area contributed by atoms with Gasteiger partial charge in [0.1, 0.15) is 11.4 Å². The fourth-order valence-electron chi connectivity index (χ4n) is 3.44. The van der Waals surface area contributed by atoms with Gasteiger partial charge in [0.2, 0.25) is 0 Å². The van der Waals surface area contributed by atoms with Crippen LogP contribution in [0, 0.1) is 13.8 Å². The molecule has 0 saturated carbocycles. The van der Waals surface area contributed by atoms with E-state index < -0.39 is 11.8 Å². The van der Waals surface area contributed by atoms with E-state index in [0.717, 1.165) is 16.0 Å². The predicted octanol–water partition coefficient (Wildman–Crippen LogP) is 6.02. The van der Waals surface area contributed by atoms with Crippen LogP contribution in [0.1, 0.15) is 16.7 Å². The van der Waals surface area contributed by atoms with E-state index in [1.54, 1.807) is 55.6 Å². The number of carbonyl (C=O) groups excluding carboxylic acids is 2. The second-order valence-corrected chi connectivity index (χ2v) is 8.26. The fourth-order valence-corrected chi connectivity index (χ4v) is 3.80. The molecule has 1 aliphatic rings. The fraction of sp³-hybridized carbons (Fsp3) is 0.120. The molecular formula is C25H20Cl2N2O3. The van der Waals surface area contributed by atoms with Crippen LogP contribution in [0.15, 0.2) is 66.4 Å². The first-order valence-electron chi connectivity index (χ1n) is 9.87. The summed E-state index contributed by atoms with van der Waals surface area (Å²) in [6.07, 6.45) is 0. The first-order chi connectivity index (χ1) is 15.3. The highest BCUT2D eigenvalue weighted by molar-refractivity contribution is 6.46. The average molecular weight is 467 g/mol. The van der Waals surface area contributed by atoms with Crippen molar-refractivity contribution >= 4 is 52.0 Å². The molecule has 3 aromatic rings. The minimum atomic E-state index is -0.475. The number of benzene rings is 3. The minimum Gasteiger partial charge on any atom is -0.497 e. The van der Waals surface area contributed by atoms with Gasteiger partial charge in [-0.1, -0.05) is 47.5 Å². The molecule has 0 unspecified atom stereocenters. The first-order valence-corrected chi connectivity index (χ1v) is 10.6. The van der Waals surface area contributed by atoms with E-state index in [1.807, 2.05) is 26.0 Å². The van der Waals surface area contributed by atoms with Crippen LogP contribution in [0.4, 0.5) is 11.4 Å². The molecule has 0 bridgehead atoms. The number of nitrogens with zero attached hydrogens (tertiary/aromatic N) is 1. The van der Waals surface area contributed by atoms with E-state index in [4.69, 9.17) is 27.9 Å². The zero-order valence-electron chi connectivity index (χ0n) is 17.7. The summed E-state index contributed by atoms with van der Waals surface area (Å²) >= 11 is 12.5. The van der Waals surface area contributed by atoms with E-state index >= 15 is 0 Å². The topological polar surface area (TPSA) is 58.6 Å². The van der Waals surface area contributed by atoms with Crippen molar-refractivity contribution in [3.05, 3.63) is 93.1 Å². The third kappa shape index (κ3) is 3.97. The van der Waals surface area contributed by atoms with Gasteiger partial charge in [-0.3, -0.25) is 9.59 Å². The summed E-state index contributed by atoms with van der Waals surface area (Å²) in [5.74, 6) is -0.272. The number of aryl methyl sites for hydroxylation is 2. The van der Waals surface area contributed by atoms with Crippen molar-refractivity contribution in [1.29, 1.82) is 0 Å². The lowest BCUT2D eigenvalue weighted by Crippen LogP contribution is -2.32. The number of methoxy groups -OCH3 is 1. The zero-order valence-corrected chi connectivity index (χ0v) is 19.2. The largest absolute Gasteiger partial charge is 0.497 e. The number of amides is 2. The number of nitrogens with one attached hydrogen (secondary N) is 1. The number of anilines is 2. The van der Waals surface area contributed by atoms with Crippen molar-refractivity contribution in [3.63, 3.8) is 0 Å². The normalized spacial score (nSPS) is 13.7. The maximum absolute atomic E-state index is 13.5. The van der Waals surface area contributed by atoms with Crippen LogP contribution in [-0.2, 0) is 9.59 Å². The molecule has 1 heterocycles. The van der Waals surface area contributed by atoms with Gasteiger partial charge in [-0.15, -0.1) is 0 Å². The van der Waals surface area contributed by atoms with Gasteiger partial charge in [-0.25, -0.2) is 4.90 Å². The van der Waals surface area contributed by atoms with Crippen LogP contribution in [0.2, 0.25) is 10.0 Å². The number of halogens is 2. The zero-order chi connectivity index (χ0) is 23.0. The summed E-state index contributed by atoms with van der Waals surface area (Å²) in [4.78, 5) is 28.1. The predicted molar refractivity (Wildman–Crippen MR) is 128 cm³/mol. The molecule has 0 fully saturated rings. The van der Waals surface area contributed by atoms with Gasteiger partial charge in [0.05, 0.1) is 18.4 Å². The van der Waals surface area contributed by atoms with Crippen LogP contribution in [0.25, 0.3) is 5.57 Å². The number of rotatable bonds is 5. The lowest BCUT2D eigenvalue weighted by Gasteiger charge is -2.16. The summed E-state index contributed by atoms with van der Waals surface area (Å²) in [5, 5.41) is 4.14. The molecule has 2 amide bonds. The Morgan fingerprint density at radius 3 is 2.03 bits per heavy atom. The highest BCUT2D eigenvalue weighted by Crippen LogP contribution is 2.36. The molecule has 0 saturated heterocycles. The Kier molecular flexibility index (Phi) is 5.96. The summed E-state index contributed by atoms with van der Waals surface area (Å²) in [7, 11) is 1.56. The molecule has 1 N–H and O–H groups in total. The van der Waals surface area contributed by atoms with Gasteiger partial charge >= 0.3 is 0 Å². The van der Waals surface area contributed by atoms with Crippen LogP contribution in [0.5, 0.6) is 5.75 Å². The second-order valence-electron chi connectivity index (χ2n) is 7.45. The smallest absolute Gasteiger partial charge is 0.282 e. The van der Waals surface area contributed by atoms with E-state index in [-0.39, 0.29) is 11.3 Å². The average Bonchev–Trinajstić information content (AvgIpc) is 3.02. The molecule has 162 valence electrons. The standard InChI is InChI=1S/C25H20Cl2N2O3/c1-14-4-8-17(12-20(14)26)28-23-22(16-6-10-19(32-3)11-7-16)24(30)29(25(23)31)18-9-5-15(2)21(27)13-18/h4-13,28H,1-3H3. The first kappa shape index (κ1) is 21.9. The van der Waals surface area contributed by atoms with Crippen molar-refractivity contribution in [1.82, 2.24) is 0 Å². The molecule has 1 aliphatic heterocycles. The van der Waals surface area contributed by atoms with Crippen LogP contribution < -0.4 is 15.0 Å². The Morgan fingerprint density at radius 2 is 1.44 bits per heavy atom. The summed E-state index contributed by atoms with van der Waals surface area (Å²) < 4.78 is 5.22. The number of hydrogen-bond acceptors (Lipinski definition) is 4. The Hall–Kier alpha value is -3.28. The maximum Gasteiger partial charge on any atom is 0.282 e. The van der Waals surface area contributed by atoms with Crippen LogP contribution in [-0.4, -0.2) is 18.9 Å². The highest BCUT2D eigenvalue weighted by Gasteiger charge is 2.40. The van der Waals surface area contributed by atoms with Gasteiger partial charge in [0.25, 0.3) is 11.8 Å². The summed E-state index contributed by atoms with van der Waals surface area (Å²) in [5.41, 5.74) is 3.78. The molecule has 32 heavy (non-hydrogen) atoms. The number of hydrogen-bond donors (Lipinski definition) is 1. The van der Waals surface area contributed by atoms with E-state index in [2.05, 4.69) is 5.32 Å². The minimum absolute atomic E-state index is 0.164. The Morgan fingerprint density at radius 1 is 0.812 bits per heavy atom. The molecule has 5 nitrogen and oxygen atoms in total. The van der Waals surface area contributed by atoms with Gasteiger partial charge < -0.3 is 10.1 Å². The highest BCUT2D eigenvalue weighted by atomic mass is 35.5. The number of imide groups is 1. The van der Waals surface area contributed by atoms with E-state index in [0.29, 0.717) is 32.7 Å². The molecule has 3 aromatic carbocycles. The molecular weight excluding hydrogens is 447 g/mol. The molecule has 4 rings (SSSR count). The second kappa shape index (κ2) is 8.69. The molecule has 0 aromatic heterocycles. The van der Waals surface area contributed by atoms with Gasteiger partial charge in [-0.2, -0.15) is 0 Å². The van der Waals surface area contributed by atoms with E-state index in [1.165, 1.54) is 0 Å². The maximum atomic E-state index is 13.5. The van der Waals surface area contributed by atoms with Crippen molar-refractivity contribution in [2.75, 3.05) is 17.3 Å². The number of ether oxygens (including phenoxy) is 1. The van der Waals surface area contributed by atoms with Crippen LogP contribution >= 0.6 is 23.2 Å². The van der Waals surface area contributed by atoms with Crippen molar-refractivity contribution in [2.45, 2.75) is 13.8 Å². The summed E-state index contributed by atoms with van der Waals surface area (Å²) in [6.45, 7) is 3.75. The monoisotopic (exact) mass is 466 g/mol. The molecule has 0 spiro atoms. The van der Waals surface area contributed by atoms with Crippen molar-refractivity contribution < 1.29 is 14.3 Å². The van der Waals surface area contributed by atoms with E-state index in [9.17, 15) is 9.59 Å². The van der Waals surface area contributed by atoms with Gasteiger partial charge in [0.15, 0.2) is 0 Å². The lowest BCUT2D eigenvalue weighted by molar-refractivity contribution is -0.120. The Labute approximate surface area is 196 Å². The third-order valence-electron chi connectivity index (χ3n) is 5.32. The third-order valence-corrected chi connectivity index (χ3v) is 6.13. The quantitative estimate of drug-likeness (QED) is 0.467. The van der Waals surface area contributed by atoms with Crippen molar-refractivity contribution in [2.24, 2.45) is 0 Å². The van der Waals surface area contributed by atoms with Gasteiger partial charge in [0, 0.05) is 15.7 Å². The number of carbonyl (C=O) groups is 2. The molecule has 0 atom stereocenters. The molecule has 0 radical (unpaired) electrons. The SMILES string of the molecule is COc1ccc(C2=C(Nc3ccc(C)c(Cl)c3)C(=O)N(c3ccc(C)c(Cl)c3)C2=O)cc1. The van der Waals surface area contributed by atoms with Gasteiger partial charge in [-0.05, 0) is 66.9 Å². The molecule has 7 heteroatoms. The van der Waals surface area contributed by atoms with Crippen LogP contribution in [0.3, 0.4) is 0 Å². The van der Waals surface area contributed by atoms with Crippen molar-refractivity contribution in [3.8, 4) is 5.75 Å².